The minimum absolute atomic E-state index is 0.0158. The predicted octanol–water partition coefficient (Wildman–Crippen LogP) is 2.14. The van der Waals surface area contributed by atoms with Gasteiger partial charge in [-0.05, 0) is 24.3 Å². The van der Waals surface area contributed by atoms with Gasteiger partial charge in [0, 0.05) is 42.1 Å². The summed E-state index contributed by atoms with van der Waals surface area (Å²) in [5, 5.41) is 3.82. The normalized spacial score (nSPS) is 11.1. The summed E-state index contributed by atoms with van der Waals surface area (Å²) >= 11 is 0. The Morgan fingerprint density at radius 2 is 1.63 bits per heavy atom. The number of pyridine rings is 2. The monoisotopic (exact) mass is 361 g/mol. The lowest BCUT2D eigenvalue weighted by Gasteiger charge is -1.96. The number of aromatic nitrogens is 2. The summed E-state index contributed by atoms with van der Waals surface area (Å²) < 4.78 is 5.28. The fourth-order valence-electron chi connectivity index (χ4n) is 2.05. The number of hydrogen-bond donors (Lipinski definition) is 1. The summed E-state index contributed by atoms with van der Waals surface area (Å²) in [4.78, 5) is 36.0. The van der Waals surface area contributed by atoms with Crippen molar-refractivity contribution >= 4 is 24.1 Å². The summed E-state index contributed by atoms with van der Waals surface area (Å²) in [6, 6.07) is 9.98. The number of nitrogens with one attached hydrogen (secondary N) is 1. The Morgan fingerprint density at radius 1 is 0.963 bits per heavy atom. The van der Waals surface area contributed by atoms with Crippen molar-refractivity contribution in [3.8, 4) is 0 Å². The molecule has 3 aromatic rings. The van der Waals surface area contributed by atoms with E-state index in [1.165, 1.54) is 18.3 Å². The van der Waals surface area contributed by atoms with Crippen LogP contribution in [0.15, 0.2) is 75.7 Å². The Hall–Kier alpha value is -3.94. The van der Waals surface area contributed by atoms with Crippen LogP contribution in [0.4, 0.5) is 0 Å². The molecule has 1 N–H and O–H groups in total. The largest absolute Gasteiger partial charge is 0.448 e. The van der Waals surface area contributed by atoms with Gasteiger partial charge in [0.25, 0.3) is 0 Å². The Balaban J connectivity index is 1.54. The maximum atomic E-state index is 12.1. The van der Waals surface area contributed by atoms with E-state index in [-0.39, 0.29) is 23.8 Å². The molecule has 0 radical (unpaired) electrons. The third-order valence-electron chi connectivity index (χ3n) is 3.33. The van der Waals surface area contributed by atoms with Crippen LogP contribution in [0, 0.1) is 0 Å². The van der Waals surface area contributed by atoms with Crippen molar-refractivity contribution in [1.82, 2.24) is 15.4 Å². The second-order valence-corrected chi connectivity index (χ2v) is 5.33. The Labute approximate surface area is 154 Å². The summed E-state index contributed by atoms with van der Waals surface area (Å²) in [5.74, 6) is -0.862. The van der Waals surface area contributed by atoms with Gasteiger partial charge in [-0.15, -0.1) is 0 Å². The van der Waals surface area contributed by atoms with Crippen LogP contribution in [-0.2, 0) is 0 Å². The van der Waals surface area contributed by atoms with Gasteiger partial charge in [-0.2, -0.15) is 5.10 Å². The molecule has 0 aliphatic heterocycles. The number of aliphatic imine (C=N–C) groups is 1. The highest BCUT2D eigenvalue weighted by Gasteiger charge is 2.14. The second-order valence-electron chi connectivity index (χ2n) is 5.33. The number of carbonyl (C=O) groups excluding carboxylic acids is 2. The van der Waals surface area contributed by atoms with Gasteiger partial charge in [-0.3, -0.25) is 24.5 Å². The van der Waals surface area contributed by atoms with Crippen molar-refractivity contribution in [2.75, 3.05) is 6.54 Å². The first kappa shape index (κ1) is 17.9. The lowest BCUT2D eigenvalue weighted by atomic mass is 10.3. The molecule has 3 heterocycles. The van der Waals surface area contributed by atoms with E-state index in [1.54, 1.807) is 49.2 Å². The zero-order valence-corrected chi connectivity index (χ0v) is 14.1. The van der Waals surface area contributed by atoms with Gasteiger partial charge in [-0.1, -0.05) is 12.1 Å². The highest BCUT2D eigenvalue weighted by Crippen LogP contribution is 2.09. The number of rotatable bonds is 7. The number of nitrogens with zero attached hydrogens (tertiary/aromatic N) is 4. The summed E-state index contributed by atoms with van der Waals surface area (Å²) in [6.45, 7) is -0.0946. The van der Waals surface area contributed by atoms with E-state index >= 15 is 0 Å². The summed E-state index contributed by atoms with van der Waals surface area (Å²) in [6.07, 6.45) is 9.53. The molecule has 27 heavy (non-hydrogen) atoms. The topological polar surface area (TPSA) is 110 Å². The van der Waals surface area contributed by atoms with Crippen LogP contribution < -0.4 is 5.43 Å². The second kappa shape index (κ2) is 8.95. The molecule has 0 saturated carbocycles. The molecular weight excluding hydrogens is 346 g/mol. The van der Waals surface area contributed by atoms with Crippen molar-refractivity contribution in [2.24, 2.45) is 10.1 Å². The fourth-order valence-corrected chi connectivity index (χ4v) is 2.05. The van der Waals surface area contributed by atoms with Crippen molar-refractivity contribution in [3.63, 3.8) is 0 Å². The SMILES string of the molecule is O=C(CN=Cc1cccnc1)c1ccc(C(=O)NN=Cc2cccnc2)o1. The van der Waals surface area contributed by atoms with E-state index in [0.717, 1.165) is 11.1 Å². The first-order chi connectivity index (χ1) is 13.2. The lowest BCUT2D eigenvalue weighted by Crippen LogP contribution is -2.16. The van der Waals surface area contributed by atoms with Crippen molar-refractivity contribution in [2.45, 2.75) is 0 Å². The first-order valence-electron chi connectivity index (χ1n) is 7.99. The molecule has 0 spiro atoms. The molecule has 8 nitrogen and oxygen atoms in total. The van der Waals surface area contributed by atoms with Gasteiger partial charge in [0.05, 0.1) is 6.21 Å². The van der Waals surface area contributed by atoms with Crippen LogP contribution in [0.1, 0.15) is 32.2 Å². The maximum Gasteiger partial charge on any atom is 0.307 e. The highest BCUT2D eigenvalue weighted by atomic mass is 16.4. The molecule has 0 unspecified atom stereocenters. The Morgan fingerprint density at radius 3 is 2.30 bits per heavy atom. The van der Waals surface area contributed by atoms with Crippen LogP contribution in [0.25, 0.3) is 0 Å². The zero-order chi connectivity index (χ0) is 18.9. The number of Topliss-reactive ketones (excluding diaryl/α,β-unsaturated/α-hetero) is 1. The molecule has 0 aromatic carbocycles. The number of hydrazone groups is 1. The molecule has 8 heteroatoms. The maximum absolute atomic E-state index is 12.1. The summed E-state index contributed by atoms with van der Waals surface area (Å²) in [7, 11) is 0. The third kappa shape index (κ3) is 5.27. The molecule has 0 saturated heterocycles. The number of ketones is 1. The number of carbonyl (C=O) groups is 2. The van der Waals surface area contributed by atoms with Crippen LogP contribution in [0.3, 0.4) is 0 Å². The highest BCUT2D eigenvalue weighted by molar-refractivity contribution is 5.98. The minimum atomic E-state index is -0.562. The third-order valence-corrected chi connectivity index (χ3v) is 3.33. The van der Waals surface area contributed by atoms with Gasteiger partial charge in [0.2, 0.25) is 5.78 Å². The first-order valence-corrected chi connectivity index (χ1v) is 7.99. The van der Waals surface area contributed by atoms with Crippen LogP contribution in [0.2, 0.25) is 0 Å². The fraction of sp³-hybridized carbons (Fsp3) is 0.0526. The quantitative estimate of drug-likeness (QED) is 0.394. The van der Waals surface area contributed by atoms with Gasteiger partial charge >= 0.3 is 5.91 Å². The number of hydrogen-bond acceptors (Lipinski definition) is 7. The molecule has 0 bridgehead atoms. The van der Waals surface area contributed by atoms with Crippen LogP contribution in [0.5, 0.6) is 0 Å². The molecule has 3 rings (SSSR count). The van der Waals surface area contributed by atoms with E-state index in [9.17, 15) is 9.59 Å². The zero-order valence-electron chi connectivity index (χ0n) is 14.1. The van der Waals surface area contributed by atoms with E-state index in [2.05, 4.69) is 25.5 Å². The van der Waals surface area contributed by atoms with Gasteiger partial charge in [-0.25, -0.2) is 5.43 Å². The average molecular weight is 361 g/mol. The molecule has 0 aliphatic rings. The number of amides is 1. The molecular formula is C19H15N5O3. The molecule has 0 atom stereocenters. The van der Waals surface area contributed by atoms with Crippen molar-refractivity contribution < 1.29 is 14.0 Å². The van der Waals surface area contributed by atoms with Crippen LogP contribution in [-0.4, -0.2) is 40.6 Å². The van der Waals surface area contributed by atoms with Gasteiger partial charge in [0.1, 0.15) is 6.54 Å². The minimum Gasteiger partial charge on any atom is -0.448 e. The molecule has 0 aliphatic carbocycles. The standard InChI is InChI=1S/C19H15N5O3/c25-16(13-22-11-14-3-1-7-20-9-14)17-5-6-18(27-17)19(26)24-23-12-15-4-2-8-21-10-15/h1-12H,13H2,(H,24,26). The molecule has 1 amide bonds. The molecule has 134 valence electrons. The Bertz CT molecular complexity index is 887. The molecule has 3 aromatic heterocycles. The summed E-state index contributed by atoms with van der Waals surface area (Å²) in [5.41, 5.74) is 3.85. The van der Waals surface area contributed by atoms with Crippen molar-refractivity contribution in [1.29, 1.82) is 0 Å². The van der Waals surface area contributed by atoms with Gasteiger partial charge in [0.15, 0.2) is 11.5 Å². The predicted molar refractivity (Wildman–Crippen MR) is 99.0 cm³/mol. The van der Waals surface area contributed by atoms with E-state index in [4.69, 9.17) is 4.42 Å². The van der Waals surface area contributed by atoms with Crippen molar-refractivity contribution in [3.05, 3.63) is 83.8 Å². The van der Waals surface area contributed by atoms with E-state index in [0.29, 0.717) is 0 Å². The van der Waals surface area contributed by atoms with E-state index < -0.39 is 5.91 Å². The number of furan rings is 1. The molecule has 0 fully saturated rings. The van der Waals surface area contributed by atoms with E-state index in [1.807, 2.05) is 6.07 Å². The smallest absolute Gasteiger partial charge is 0.307 e. The van der Waals surface area contributed by atoms with Gasteiger partial charge < -0.3 is 4.42 Å². The lowest BCUT2D eigenvalue weighted by molar-refractivity contribution is 0.0917. The average Bonchev–Trinajstić information content (AvgIpc) is 3.20. The Kier molecular flexibility index (Phi) is 5.92. The van der Waals surface area contributed by atoms with Crippen LogP contribution >= 0.6 is 0 Å².